The Hall–Kier alpha value is -1.42. The monoisotopic (exact) mass is 219 g/mol. The first-order valence-electron chi connectivity index (χ1n) is 5.65. The summed E-state index contributed by atoms with van der Waals surface area (Å²) >= 11 is 0. The molecule has 1 aromatic heterocycles. The molecule has 0 saturated carbocycles. The summed E-state index contributed by atoms with van der Waals surface area (Å²) in [6.07, 6.45) is 4.52. The molecule has 0 spiro atoms. The van der Waals surface area contributed by atoms with Crippen LogP contribution < -0.4 is 10.6 Å². The topological polar surface area (TPSA) is 54.0 Å². The molecule has 86 valence electrons. The molecule has 0 aliphatic carbocycles. The van der Waals surface area contributed by atoms with Gasteiger partial charge in [0.15, 0.2) is 0 Å². The first-order chi connectivity index (χ1) is 7.77. The number of carbonyl (C=O) groups is 1. The largest absolute Gasteiger partial charge is 0.352 e. The molecule has 1 amide bonds. The number of aromatic nitrogens is 1. The van der Waals surface area contributed by atoms with Crippen LogP contribution >= 0.6 is 0 Å². The highest BCUT2D eigenvalue weighted by atomic mass is 16.1. The molecule has 1 aromatic rings. The molecule has 0 bridgehead atoms. The molecule has 0 radical (unpaired) electrons. The van der Waals surface area contributed by atoms with Gasteiger partial charge in [0.05, 0.1) is 5.92 Å². The Morgan fingerprint density at radius 1 is 1.69 bits per heavy atom. The fourth-order valence-electron chi connectivity index (χ4n) is 1.91. The summed E-state index contributed by atoms with van der Waals surface area (Å²) in [6.45, 7) is 4.36. The Balaban J connectivity index is 1.87. The smallest absolute Gasteiger partial charge is 0.224 e. The minimum atomic E-state index is 0.141. The van der Waals surface area contributed by atoms with E-state index in [1.54, 1.807) is 6.20 Å². The van der Waals surface area contributed by atoms with Gasteiger partial charge in [0, 0.05) is 25.5 Å². The molecule has 1 unspecified atom stereocenters. The van der Waals surface area contributed by atoms with Crippen LogP contribution in [0, 0.1) is 12.8 Å². The molecule has 1 aliphatic heterocycles. The van der Waals surface area contributed by atoms with Gasteiger partial charge < -0.3 is 10.6 Å². The van der Waals surface area contributed by atoms with Gasteiger partial charge in [-0.05, 0) is 37.1 Å². The van der Waals surface area contributed by atoms with E-state index in [1.807, 2.05) is 19.2 Å². The second kappa shape index (κ2) is 5.07. The van der Waals surface area contributed by atoms with Gasteiger partial charge in [-0.25, -0.2) is 0 Å². The Morgan fingerprint density at radius 2 is 2.56 bits per heavy atom. The normalized spacial score (nSPS) is 19.7. The van der Waals surface area contributed by atoms with Crippen molar-refractivity contribution < 1.29 is 4.79 Å². The number of hydrogen-bond acceptors (Lipinski definition) is 3. The summed E-state index contributed by atoms with van der Waals surface area (Å²) in [5, 5.41) is 6.17. The lowest BCUT2D eigenvalue weighted by molar-refractivity contribution is -0.124. The van der Waals surface area contributed by atoms with Gasteiger partial charge in [0.1, 0.15) is 0 Å². The minimum Gasteiger partial charge on any atom is -0.352 e. The third kappa shape index (κ3) is 2.58. The number of nitrogens with zero attached hydrogens (tertiary/aromatic N) is 1. The molecule has 2 N–H and O–H groups in total. The van der Waals surface area contributed by atoms with E-state index in [0.29, 0.717) is 6.54 Å². The van der Waals surface area contributed by atoms with E-state index in [9.17, 15) is 4.79 Å². The maximum absolute atomic E-state index is 11.8. The fraction of sp³-hybridized carbons (Fsp3) is 0.500. The number of carbonyl (C=O) groups excluding carboxylic acids is 1. The molecule has 1 saturated heterocycles. The van der Waals surface area contributed by atoms with Crippen LogP contribution in [-0.4, -0.2) is 24.0 Å². The molecule has 4 nitrogen and oxygen atoms in total. The zero-order valence-electron chi connectivity index (χ0n) is 9.49. The zero-order chi connectivity index (χ0) is 11.4. The van der Waals surface area contributed by atoms with Gasteiger partial charge in [-0.1, -0.05) is 0 Å². The van der Waals surface area contributed by atoms with Crippen molar-refractivity contribution >= 4 is 5.91 Å². The molecular weight excluding hydrogens is 202 g/mol. The first kappa shape index (κ1) is 11.1. The molecule has 1 fully saturated rings. The zero-order valence-corrected chi connectivity index (χ0v) is 9.49. The highest BCUT2D eigenvalue weighted by Gasteiger charge is 2.21. The minimum absolute atomic E-state index is 0.141. The second-order valence-electron chi connectivity index (χ2n) is 4.21. The van der Waals surface area contributed by atoms with Crippen molar-refractivity contribution in [3.63, 3.8) is 0 Å². The van der Waals surface area contributed by atoms with Crippen LogP contribution in [-0.2, 0) is 11.3 Å². The fourth-order valence-corrected chi connectivity index (χ4v) is 1.91. The van der Waals surface area contributed by atoms with Crippen molar-refractivity contribution in [2.45, 2.75) is 19.9 Å². The molecule has 1 atom stereocenters. The summed E-state index contributed by atoms with van der Waals surface area (Å²) < 4.78 is 0. The van der Waals surface area contributed by atoms with E-state index in [-0.39, 0.29) is 11.8 Å². The average molecular weight is 219 g/mol. The van der Waals surface area contributed by atoms with Gasteiger partial charge in [-0.2, -0.15) is 0 Å². The molecule has 0 aromatic carbocycles. The number of nitrogens with one attached hydrogen (secondary N) is 2. The summed E-state index contributed by atoms with van der Waals surface area (Å²) in [5.41, 5.74) is 2.25. The molecule has 16 heavy (non-hydrogen) atoms. The number of hydrogen-bond donors (Lipinski definition) is 2. The lowest BCUT2D eigenvalue weighted by Gasteiger charge is -2.10. The van der Waals surface area contributed by atoms with E-state index < -0.39 is 0 Å². The third-order valence-corrected chi connectivity index (χ3v) is 3.02. The van der Waals surface area contributed by atoms with Crippen molar-refractivity contribution in [1.82, 2.24) is 15.6 Å². The van der Waals surface area contributed by atoms with E-state index in [1.165, 1.54) is 0 Å². The summed E-state index contributed by atoms with van der Waals surface area (Å²) in [7, 11) is 0. The van der Waals surface area contributed by atoms with Crippen molar-refractivity contribution in [3.8, 4) is 0 Å². The maximum Gasteiger partial charge on any atom is 0.224 e. The molecule has 2 heterocycles. The van der Waals surface area contributed by atoms with E-state index in [2.05, 4.69) is 15.6 Å². The van der Waals surface area contributed by atoms with Crippen LogP contribution in [0.25, 0.3) is 0 Å². The lowest BCUT2D eigenvalue weighted by Crippen LogP contribution is -2.31. The Labute approximate surface area is 95.5 Å². The van der Waals surface area contributed by atoms with Gasteiger partial charge in [0.2, 0.25) is 5.91 Å². The van der Waals surface area contributed by atoms with Gasteiger partial charge in [-0.15, -0.1) is 0 Å². The van der Waals surface area contributed by atoms with Crippen LogP contribution in [0.4, 0.5) is 0 Å². The standard InChI is InChI=1S/C12H17N3O/c1-9-6-13-4-2-10(9)8-15-12(16)11-3-5-14-7-11/h2,4,6,11,14H,3,5,7-8H2,1H3,(H,15,16). The van der Waals surface area contributed by atoms with Crippen LogP contribution in [0.2, 0.25) is 0 Å². The SMILES string of the molecule is Cc1cnccc1CNC(=O)C1CCNC1. The van der Waals surface area contributed by atoms with Crippen LogP contribution in [0.5, 0.6) is 0 Å². The summed E-state index contributed by atoms with van der Waals surface area (Å²) in [5.74, 6) is 0.295. The highest BCUT2D eigenvalue weighted by Crippen LogP contribution is 2.09. The van der Waals surface area contributed by atoms with Gasteiger partial charge >= 0.3 is 0 Å². The first-order valence-corrected chi connectivity index (χ1v) is 5.65. The van der Waals surface area contributed by atoms with Crippen LogP contribution in [0.3, 0.4) is 0 Å². The van der Waals surface area contributed by atoms with E-state index >= 15 is 0 Å². The maximum atomic E-state index is 11.8. The van der Waals surface area contributed by atoms with Gasteiger partial charge in [0.25, 0.3) is 0 Å². The summed E-state index contributed by atoms with van der Waals surface area (Å²) in [4.78, 5) is 15.8. The number of amides is 1. The van der Waals surface area contributed by atoms with Gasteiger partial charge in [-0.3, -0.25) is 9.78 Å². The van der Waals surface area contributed by atoms with Crippen LogP contribution in [0.1, 0.15) is 17.5 Å². The molecule has 2 rings (SSSR count). The van der Waals surface area contributed by atoms with E-state index in [4.69, 9.17) is 0 Å². The lowest BCUT2D eigenvalue weighted by atomic mass is 10.1. The molecule has 4 heteroatoms. The second-order valence-corrected chi connectivity index (χ2v) is 4.21. The quantitative estimate of drug-likeness (QED) is 0.783. The van der Waals surface area contributed by atoms with Crippen molar-refractivity contribution in [3.05, 3.63) is 29.6 Å². The number of rotatable bonds is 3. The predicted molar refractivity (Wildman–Crippen MR) is 61.8 cm³/mol. The molecule has 1 aliphatic rings. The predicted octanol–water partition coefficient (Wildman–Crippen LogP) is 0.616. The summed E-state index contributed by atoms with van der Waals surface area (Å²) in [6, 6.07) is 1.95. The van der Waals surface area contributed by atoms with Crippen molar-refractivity contribution in [2.75, 3.05) is 13.1 Å². The Kier molecular flexibility index (Phi) is 3.51. The Morgan fingerprint density at radius 3 is 3.25 bits per heavy atom. The van der Waals surface area contributed by atoms with E-state index in [0.717, 1.165) is 30.6 Å². The van der Waals surface area contributed by atoms with Crippen molar-refractivity contribution in [2.24, 2.45) is 5.92 Å². The number of aryl methyl sites for hydroxylation is 1. The molecular formula is C12H17N3O. The van der Waals surface area contributed by atoms with Crippen molar-refractivity contribution in [1.29, 1.82) is 0 Å². The number of pyridine rings is 1. The average Bonchev–Trinajstić information content (AvgIpc) is 2.81. The Bertz CT molecular complexity index is 372. The highest BCUT2D eigenvalue weighted by molar-refractivity contribution is 5.79. The van der Waals surface area contributed by atoms with Crippen LogP contribution in [0.15, 0.2) is 18.5 Å². The third-order valence-electron chi connectivity index (χ3n) is 3.02.